The molecule has 0 bridgehead atoms. The average Bonchev–Trinajstić information content (AvgIpc) is 3.42. The molecule has 1 N–H and O–H groups in total. The van der Waals surface area contributed by atoms with Crippen LogP contribution >= 0.6 is 28.3 Å². The molecule has 0 unspecified atom stereocenters. The summed E-state index contributed by atoms with van der Waals surface area (Å²) in [5.41, 5.74) is 2.28. The zero-order chi connectivity index (χ0) is 21.1. The van der Waals surface area contributed by atoms with Crippen LogP contribution in [0.3, 0.4) is 0 Å². The van der Waals surface area contributed by atoms with Crippen molar-refractivity contribution in [1.29, 1.82) is 0 Å². The van der Waals surface area contributed by atoms with E-state index in [0.29, 0.717) is 30.1 Å². The molecule has 0 aliphatic carbocycles. The van der Waals surface area contributed by atoms with Crippen LogP contribution in [0.25, 0.3) is 11.3 Å². The molecule has 0 atom stereocenters. The number of hydrogen-bond acceptors (Lipinski definition) is 5. The lowest BCUT2D eigenvalue weighted by molar-refractivity contribution is 0.275. The molecule has 0 radical (unpaired) electrons. The molecule has 1 aliphatic heterocycles. The van der Waals surface area contributed by atoms with Crippen LogP contribution in [-0.4, -0.2) is 42.1 Å². The van der Waals surface area contributed by atoms with Gasteiger partial charge in [-0.1, -0.05) is 12.1 Å². The normalized spacial score (nSPS) is 15.2. The van der Waals surface area contributed by atoms with E-state index >= 15 is 0 Å². The fourth-order valence-electron chi connectivity index (χ4n) is 3.47. The van der Waals surface area contributed by atoms with E-state index in [9.17, 15) is 17.9 Å². The average molecular weight is 528 g/mol. The van der Waals surface area contributed by atoms with Crippen molar-refractivity contribution in [1.82, 2.24) is 8.87 Å². The minimum atomic E-state index is -3.46. The molecule has 166 valence electrons. The van der Waals surface area contributed by atoms with Crippen LogP contribution in [0.1, 0.15) is 12.8 Å². The lowest BCUT2D eigenvalue weighted by atomic mass is 10.2. The summed E-state index contributed by atoms with van der Waals surface area (Å²) >= 11 is 1.41. The van der Waals surface area contributed by atoms with Crippen LogP contribution in [0.15, 0.2) is 63.8 Å². The highest BCUT2D eigenvalue weighted by Crippen LogP contribution is 2.25. The van der Waals surface area contributed by atoms with Crippen molar-refractivity contribution in [3.63, 3.8) is 0 Å². The summed E-state index contributed by atoms with van der Waals surface area (Å²) in [4.78, 5) is 5.51. The van der Waals surface area contributed by atoms with Crippen molar-refractivity contribution in [3.05, 3.63) is 64.5 Å². The number of thiazole rings is 1. The Morgan fingerprint density at radius 2 is 1.68 bits per heavy atom. The Labute approximate surface area is 195 Å². The van der Waals surface area contributed by atoms with Crippen molar-refractivity contribution >= 4 is 44.0 Å². The molecule has 1 saturated heterocycles. The third-order valence-corrected chi connectivity index (χ3v) is 7.80. The van der Waals surface area contributed by atoms with Crippen molar-refractivity contribution in [2.24, 2.45) is 4.99 Å². The molecular formula is C21H23BrFN3O3S2. The Kier molecular flexibility index (Phi) is 7.82. The minimum Gasteiger partial charge on any atom is -0.395 e. The summed E-state index contributed by atoms with van der Waals surface area (Å²) in [6.45, 7) is 1.41. The molecule has 1 fully saturated rings. The van der Waals surface area contributed by atoms with Crippen molar-refractivity contribution in [2.75, 3.05) is 19.7 Å². The van der Waals surface area contributed by atoms with E-state index < -0.39 is 10.0 Å². The third-order valence-electron chi connectivity index (χ3n) is 5.03. The third kappa shape index (κ3) is 5.15. The van der Waals surface area contributed by atoms with Gasteiger partial charge in [-0.2, -0.15) is 4.31 Å². The molecule has 31 heavy (non-hydrogen) atoms. The summed E-state index contributed by atoms with van der Waals surface area (Å²) in [5, 5.41) is 11.4. The van der Waals surface area contributed by atoms with Crippen molar-refractivity contribution in [3.8, 4) is 11.3 Å². The lowest BCUT2D eigenvalue weighted by Crippen LogP contribution is -2.27. The highest BCUT2D eigenvalue weighted by molar-refractivity contribution is 8.93. The molecule has 1 aromatic heterocycles. The second-order valence-electron chi connectivity index (χ2n) is 7.00. The number of hydrogen-bond donors (Lipinski definition) is 1. The van der Waals surface area contributed by atoms with Gasteiger partial charge in [-0.15, -0.1) is 28.3 Å². The van der Waals surface area contributed by atoms with Gasteiger partial charge >= 0.3 is 0 Å². The number of rotatable bonds is 6. The summed E-state index contributed by atoms with van der Waals surface area (Å²) < 4.78 is 42.0. The first kappa shape index (κ1) is 23.8. The maximum atomic E-state index is 13.1. The van der Waals surface area contributed by atoms with E-state index in [-0.39, 0.29) is 34.3 Å². The van der Waals surface area contributed by atoms with E-state index in [1.165, 1.54) is 27.8 Å². The van der Waals surface area contributed by atoms with Gasteiger partial charge in [0.25, 0.3) is 0 Å². The Bertz CT molecular complexity index is 1180. The van der Waals surface area contributed by atoms with Gasteiger partial charge in [0, 0.05) is 25.0 Å². The topological polar surface area (TPSA) is 74.9 Å². The van der Waals surface area contributed by atoms with Gasteiger partial charge < -0.3 is 9.67 Å². The first-order valence-corrected chi connectivity index (χ1v) is 12.0. The zero-order valence-electron chi connectivity index (χ0n) is 16.6. The maximum Gasteiger partial charge on any atom is 0.243 e. The number of sulfonamides is 1. The second kappa shape index (κ2) is 10.2. The zero-order valence-corrected chi connectivity index (χ0v) is 20.0. The molecule has 10 heteroatoms. The molecular weight excluding hydrogens is 505 g/mol. The minimum absolute atomic E-state index is 0. The SMILES string of the molecule is Br.O=S(=O)(c1ccc(-c2csc(=Nc3ccc(F)cc3)n2CCO)cc1)N1CCCC1. The molecule has 1 aliphatic rings. The number of benzene rings is 2. The summed E-state index contributed by atoms with van der Waals surface area (Å²) in [7, 11) is -3.46. The Morgan fingerprint density at radius 1 is 1.03 bits per heavy atom. The molecule has 0 spiro atoms. The van der Waals surface area contributed by atoms with E-state index in [1.807, 2.05) is 9.95 Å². The molecule has 3 aromatic rings. The molecule has 6 nitrogen and oxygen atoms in total. The lowest BCUT2D eigenvalue weighted by Gasteiger charge is -2.15. The molecule has 2 aromatic carbocycles. The number of aliphatic hydroxyl groups excluding tert-OH is 1. The molecule has 0 amide bonds. The van der Waals surface area contributed by atoms with Gasteiger partial charge in [-0.05, 0) is 54.8 Å². The number of aromatic nitrogens is 1. The van der Waals surface area contributed by atoms with Gasteiger partial charge in [0.05, 0.1) is 22.9 Å². The van der Waals surface area contributed by atoms with E-state index in [4.69, 9.17) is 0 Å². The van der Waals surface area contributed by atoms with Gasteiger partial charge in [0.1, 0.15) is 5.82 Å². The smallest absolute Gasteiger partial charge is 0.243 e. The van der Waals surface area contributed by atoms with Gasteiger partial charge in [0.2, 0.25) is 10.0 Å². The van der Waals surface area contributed by atoms with Crippen LogP contribution in [0, 0.1) is 5.82 Å². The van der Waals surface area contributed by atoms with Crippen LogP contribution in [0.4, 0.5) is 10.1 Å². The predicted molar refractivity (Wildman–Crippen MR) is 125 cm³/mol. The first-order chi connectivity index (χ1) is 14.5. The largest absolute Gasteiger partial charge is 0.395 e. The maximum absolute atomic E-state index is 13.1. The van der Waals surface area contributed by atoms with Crippen LogP contribution < -0.4 is 4.80 Å². The van der Waals surface area contributed by atoms with Gasteiger partial charge in [-0.3, -0.25) is 0 Å². The highest BCUT2D eigenvalue weighted by Gasteiger charge is 2.27. The predicted octanol–water partition coefficient (Wildman–Crippen LogP) is 3.94. The number of aliphatic hydroxyl groups is 1. The Balaban J connectivity index is 0.00000272. The van der Waals surface area contributed by atoms with E-state index in [1.54, 1.807) is 36.4 Å². The first-order valence-electron chi connectivity index (χ1n) is 9.69. The number of nitrogens with zero attached hydrogens (tertiary/aromatic N) is 3. The van der Waals surface area contributed by atoms with Crippen molar-refractivity contribution < 1.29 is 17.9 Å². The molecule has 2 heterocycles. The molecule has 0 saturated carbocycles. The van der Waals surface area contributed by atoms with Gasteiger partial charge in [-0.25, -0.2) is 17.8 Å². The standard InChI is InChI=1S/C21H22FN3O3S2.BrH/c22-17-5-7-18(8-6-17)23-21-25(13-14-26)20(15-29-21)16-3-9-19(10-4-16)30(27,28)24-11-1-2-12-24;/h3-10,15,26H,1-2,11-14H2;1H. The van der Waals surface area contributed by atoms with Crippen LogP contribution in [-0.2, 0) is 16.6 Å². The fourth-order valence-corrected chi connectivity index (χ4v) is 5.94. The summed E-state index contributed by atoms with van der Waals surface area (Å²) in [5.74, 6) is -0.326. The van der Waals surface area contributed by atoms with Gasteiger partial charge in [0.15, 0.2) is 4.80 Å². The number of halogens is 2. The quantitative estimate of drug-likeness (QED) is 0.527. The fraction of sp³-hybridized carbons (Fsp3) is 0.286. The van der Waals surface area contributed by atoms with Crippen LogP contribution in [0.2, 0.25) is 0 Å². The summed E-state index contributed by atoms with van der Waals surface area (Å²) in [6.07, 6.45) is 1.79. The van der Waals surface area contributed by atoms with Crippen LogP contribution in [0.5, 0.6) is 0 Å². The van der Waals surface area contributed by atoms with Crippen molar-refractivity contribution in [2.45, 2.75) is 24.3 Å². The second-order valence-corrected chi connectivity index (χ2v) is 9.78. The monoisotopic (exact) mass is 527 g/mol. The van der Waals surface area contributed by atoms with E-state index in [2.05, 4.69) is 4.99 Å². The molecule has 4 rings (SSSR count). The van der Waals surface area contributed by atoms with E-state index in [0.717, 1.165) is 24.1 Å². The Morgan fingerprint density at radius 3 is 2.29 bits per heavy atom. The Hall–Kier alpha value is -1.85. The summed E-state index contributed by atoms with van der Waals surface area (Å²) in [6, 6.07) is 12.7. The highest BCUT2D eigenvalue weighted by atomic mass is 79.9.